The number of imidazole rings is 1. The number of fused-ring (bicyclic) bond motifs is 1. The van der Waals surface area contributed by atoms with E-state index in [1.54, 1.807) is 0 Å². The molecular weight excluding hydrogens is 292 g/mol. The molecule has 1 aliphatic carbocycles. The summed E-state index contributed by atoms with van der Waals surface area (Å²) in [6, 6.07) is -0.114. The monoisotopic (exact) mass is 308 g/mol. The number of aromatic nitrogens is 4. The zero-order chi connectivity index (χ0) is 14.8. The Morgan fingerprint density at radius 2 is 2.14 bits per heavy atom. The second kappa shape index (κ2) is 5.95. The van der Waals surface area contributed by atoms with Crippen LogP contribution in [0.25, 0.3) is 11.2 Å². The number of carbonyl (C=O) groups is 1. The molecule has 112 valence electrons. The molecular formula is C13H17ClN6O. The molecule has 4 N–H and O–H groups in total. The summed E-state index contributed by atoms with van der Waals surface area (Å²) in [5.74, 6) is -0.179. The fraction of sp³-hybridized carbons (Fsp3) is 0.538. The van der Waals surface area contributed by atoms with Gasteiger partial charge in [0.05, 0.1) is 12.2 Å². The van der Waals surface area contributed by atoms with Gasteiger partial charge in [-0.1, -0.05) is 30.9 Å². The largest absolute Gasteiger partial charge is 0.341 e. The van der Waals surface area contributed by atoms with Gasteiger partial charge in [-0.05, 0) is 12.8 Å². The summed E-state index contributed by atoms with van der Waals surface area (Å²) in [7, 11) is 0. The highest BCUT2D eigenvalue weighted by Gasteiger charge is 2.27. The van der Waals surface area contributed by atoms with Crippen molar-refractivity contribution in [1.29, 1.82) is 0 Å². The molecule has 1 saturated carbocycles. The van der Waals surface area contributed by atoms with Crippen molar-refractivity contribution in [3.05, 3.63) is 11.5 Å². The van der Waals surface area contributed by atoms with Gasteiger partial charge in [0.1, 0.15) is 5.52 Å². The Labute approximate surface area is 126 Å². The maximum Gasteiger partial charge on any atom is 0.233 e. The summed E-state index contributed by atoms with van der Waals surface area (Å²) in [4.78, 5) is 27.5. The molecule has 2 heterocycles. The first-order chi connectivity index (χ1) is 10.1. The molecule has 1 fully saturated rings. The van der Waals surface area contributed by atoms with Gasteiger partial charge in [-0.15, -0.1) is 0 Å². The Morgan fingerprint density at radius 1 is 1.33 bits per heavy atom. The molecule has 0 aromatic carbocycles. The van der Waals surface area contributed by atoms with E-state index >= 15 is 0 Å². The summed E-state index contributed by atoms with van der Waals surface area (Å²) in [5.41, 5.74) is 7.08. The molecule has 7 nitrogen and oxygen atoms in total. The molecule has 0 bridgehead atoms. The van der Waals surface area contributed by atoms with Crippen LogP contribution in [-0.4, -0.2) is 31.9 Å². The lowest BCUT2D eigenvalue weighted by Crippen LogP contribution is -2.38. The van der Waals surface area contributed by atoms with Crippen molar-refractivity contribution in [2.75, 3.05) is 5.32 Å². The molecule has 2 unspecified atom stereocenters. The summed E-state index contributed by atoms with van der Waals surface area (Å²) < 4.78 is 0. The first-order valence-electron chi connectivity index (χ1n) is 7.08. The fourth-order valence-electron chi connectivity index (χ4n) is 2.72. The number of H-pyrrole nitrogens is 1. The van der Waals surface area contributed by atoms with Crippen molar-refractivity contribution in [3.8, 4) is 0 Å². The van der Waals surface area contributed by atoms with Crippen LogP contribution in [0.5, 0.6) is 0 Å². The van der Waals surface area contributed by atoms with Crippen LogP contribution >= 0.6 is 11.6 Å². The second-order valence-electron chi connectivity index (χ2n) is 5.34. The van der Waals surface area contributed by atoms with E-state index in [2.05, 4.69) is 25.3 Å². The van der Waals surface area contributed by atoms with Gasteiger partial charge in [0.25, 0.3) is 0 Å². The highest BCUT2D eigenvalue weighted by molar-refractivity contribution is 6.33. The molecule has 1 aliphatic rings. The standard InChI is InChI=1S/C13H17ClN6O/c14-10-9-11(17-6-16-9)19-13(18-10)20-12(21)7-4-2-1-3-5-8(7)15/h6-8H,1-5,15H2,(H2,16,17,18,19,20,21). The molecule has 0 saturated heterocycles. The number of nitrogens with two attached hydrogens (primary N) is 1. The third-order valence-electron chi connectivity index (χ3n) is 3.88. The minimum Gasteiger partial charge on any atom is -0.341 e. The van der Waals surface area contributed by atoms with Gasteiger partial charge >= 0.3 is 0 Å². The van der Waals surface area contributed by atoms with Crippen molar-refractivity contribution in [1.82, 2.24) is 19.9 Å². The lowest BCUT2D eigenvalue weighted by molar-refractivity contribution is -0.120. The van der Waals surface area contributed by atoms with E-state index in [9.17, 15) is 4.79 Å². The summed E-state index contributed by atoms with van der Waals surface area (Å²) in [6.45, 7) is 0. The summed E-state index contributed by atoms with van der Waals surface area (Å²) >= 11 is 6.03. The normalized spacial score (nSPS) is 23.0. The number of anilines is 1. The van der Waals surface area contributed by atoms with Gasteiger partial charge in [-0.2, -0.15) is 9.97 Å². The zero-order valence-electron chi connectivity index (χ0n) is 11.5. The molecule has 2 aromatic rings. The lowest BCUT2D eigenvalue weighted by atomic mass is 9.95. The van der Waals surface area contributed by atoms with E-state index in [0.29, 0.717) is 11.2 Å². The highest BCUT2D eigenvalue weighted by Crippen LogP contribution is 2.24. The summed E-state index contributed by atoms with van der Waals surface area (Å²) in [6.07, 6.45) is 6.37. The van der Waals surface area contributed by atoms with E-state index in [1.807, 2.05) is 0 Å². The Bertz CT molecular complexity index is 657. The van der Waals surface area contributed by atoms with Crippen LogP contribution in [0.2, 0.25) is 5.15 Å². The average molecular weight is 309 g/mol. The predicted octanol–water partition coefficient (Wildman–Crippen LogP) is 1.85. The number of halogens is 1. The molecule has 8 heteroatoms. The average Bonchev–Trinajstić information content (AvgIpc) is 2.81. The fourth-order valence-corrected chi connectivity index (χ4v) is 2.94. The maximum absolute atomic E-state index is 12.4. The van der Waals surface area contributed by atoms with Crippen LogP contribution in [0.15, 0.2) is 6.33 Å². The third kappa shape index (κ3) is 2.98. The van der Waals surface area contributed by atoms with E-state index in [-0.39, 0.29) is 29.0 Å². The Kier molecular flexibility index (Phi) is 4.03. The molecule has 3 rings (SSSR count). The van der Waals surface area contributed by atoms with Gasteiger partial charge in [0, 0.05) is 6.04 Å². The SMILES string of the molecule is NC1CCCCCC1C(=O)Nc1nc(Cl)c2[nH]cnc2n1. The molecule has 1 amide bonds. The molecule has 2 atom stereocenters. The third-order valence-corrected chi connectivity index (χ3v) is 4.16. The number of rotatable bonds is 2. The lowest BCUT2D eigenvalue weighted by Gasteiger charge is -2.19. The van der Waals surface area contributed by atoms with Crippen LogP contribution in [0, 0.1) is 5.92 Å². The van der Waals surface area contributed by atoms with Crippen LogP contribution in [0.3, 0.4) is 0 Å². The number of aromatic amines is 1. The highest BCUT2D eigenvalue weighted by atomic mass is 35.5. The smallest absolute Gasteiger partial charge is 0.233 e. The first-order valence-corrected chi connectivity index (χ1v) is 7.46. The van der Waals surface area contributed by atoms with E-state index in [4.69, 9.17) is 17.3 Å². The number of hydrogen-bond acceptors (Lipinski definition) is 5. The van der Waals surface area contributed by atoms with Crippen molar-refractivity contribution in [2.24, 2.45) is 11.7 Å². The van der Waals surface area contributed by atoms with Crippen molar-refractivity contribution >= 4 is 34.6 Å². The molecule has 0 spiro atoms. The van der Waals surface area contributed by atoms with E-state index in [1.165, 1.54) is 6.33 Å². The first kappa shape index (κ1) is 14.2. The van der Waals surface area contributed by atoms with Crippen LogP contribution in [0.1, 0.15) is 32.1 Å². The Morgan fingerprint density at radius 3 is 3.00 bits per heavy atom. The van der Waals surface area contributed by atoms with E-state index < -0.39 is 0 Å². The molecule has 2 aromatic heterocycles. The number of amides is 1. The maximum atomic E-state index is 12.4. The van der Waals surface area contributed by atoms with Gasteiger partial charge in [0.2, 0.25) is 11.9 Å². The van der Waals surface area contributed by atoms with Gasteiger partial charge in [-0.3, -0.25) is 10.1 Å². The number of nitrogens with zero attached hydrogens (tertiary/aromatic N) is 3. The molecule has 0 aliphatic heterocycles. The Balaban J connectivity index is 1.78. The van der Waals surface area contributed by atoms with Crippen molar-refractivity contribution in [3.63, 3.8) is 0 Å². The van der Waals surface area contributed by atoms with Gasteiger partial charge in [0.15, 0.2) is 10.8 Å². The number of carbonyl (C=O) groups excluding carboxylic acids is 1. The van der Waals surface area contributed by atoms with Gasteiger partial charge in [-0.25, -0.2) is 4.98 Å². The minimum absolute atomic E-state index is 0.114. The number of nitrogens with one attached hydrogen (secondary N) is 2. The number of hydrogen-bond donors (Lipinski definition) is 3. The predicted molar refractivity (Wildman–Crippen MR) is 79.9 cm³/mol. The Hall–Kier alpha value is -1.73. The van der Waals surface area contributed by atoms with Gasteiger partial charge < -0.3 is 10.7 Å². The van der Waals surface area contributed by atoms with Crippen molar-refractivity contribution in [2.45, 2.75) is 38.1 Å². The van der Waals surface area contributed by atoms with Crippen molar-refractivity contribution < 1.29 is 4.79 Å². The second-order valence-corrected chi connectivity index (χ2v) is 5.69. The van der Waals surface area contributed by atoms with Crippen LogP contribution in [0.4, 0.5) is 5.95 Å². The summed E-state index contributed by atoms with van der Waals surface area (Å²) in [5, 5.41) is 2.95. The van der Waals surface area contributed by atoms with E-state index in [0.717, 1.165) is 32.1 Å². The zero-order valence-corrected chi connectivity index (χ0v) is 12.2. The minimum atomic E-state index is -0.204. The quantitative estimate of drug-likeness (QED) is 0.579. The topological polar surface area (TPSA) is 110 Å². The van der Waals surface area contributed by atoms with Crippen LogP contribution < -0.4 is 11.1 Å². The molecule has 0 radical (unpaired) electrons. The molecule has 21 heavy (non-hydrogen) atoms. The van der Waals surface area contributed by atoms with Crippen LogP contribution in [-0.2, 0) is 4.79 Å².